The number of hydrogen-bond donors (Lipinski definition) is 2. The van der Waals surface area contributed by atoms with Crippen LogP contribution >= 0.6 is 11.3 Å². The standard InChI is InChI=1S/C17H20N4OS/c1-11-4-5-14-13(10-21(3)15(14)8-11)6-7-18-16(22)20-17-19-9-12(2)23-17/h4-5,8-10H,6-7H2,1-3H3,(H2,18,19,20,22). The Labute approximate surface area is 139 Å². The van der Waals surface area contributed by atoms with Crippen molar-refractivity contribution in [1.29, 1.82) is 0 Å². The predicted molar refractivity (Wildman–Crippen MR) is 95.2 cm³/mol. The number of amides is 2. The lowest BCUT2D eigenvalue weighted by Crippen LogP contribution is -2.30. The lowest BCUT2D eigenvalue weighted by molar-refractivity contribution is 0.252. The van der Waals surface area contributed by atoms with Crippen molar-refractivity contribution in [2.24, 2.45) is 7.05 Å². The molecule has 0 unspecified atom stereocenters. The fourth-order valence-corrected chi connectivity index (χ4v) is 3.30. The fraction of sp³-hybridized carbons (Fsp3) is 0.294. The minimum Gasteiger partial charge on any atom is -0.350 e. The second kappa shape index (κ2) is 6.42. The summed E-state index contributed by atoms with van der Waals surface area (Å²) in [7, 11) is 2.05. The van der Waals surface area contributed by atoms with Crippen LogP contribution in [0.15, 0.2) is 30.6 Å². The minimum atomic E-state index is -0.213. The van der Waals surface area contributed by atoms with E-state index in [-0.39, 0.29) is 6.03 Å². The van der Waals surface area contributed by atoms with Crippen LogP contribution in [0.1, 0.15) is 16.0 Å². The molecule has 120 valence electrons. The van der Waals surface area contributed by atoms with E-state index in [1.54, 1.807) is 6.20 Å². The van der Waals surface area contributed by atoms with Crippen LogP contribution in [0.25, 0.3) is 10.9 Å². The van der Waals surface area contributed by atoms with Gasteiger partial charge in [-0.15, -0.1) is 11.3 Å². The number of benzene rings is 1. The maximum atomic E-state index is 11.9. The Morgan fingerprint density at radius 2 is 2.17 bits per heavy atom. The highest BCUT2D eigenvalue weighted by atomic mass is 32.1. The van der Waals surface area contributed by atoms with Crippen LogP contribution in [0.3, 0.4) is 0 Å². The van der Waals surface area contributed by atoms with Gasteiger partial charge in [0.05, 0.1) is 0 Å². The van der Waals surface area contributed by atoms with Gasteiger partial charge in [-0.05, 0) is 37.5 Å². The van der Waals surface area contributed by atoms with Crippen molar-refractivity contribution in [3.05, 3.63) is 46.6 Å². The highest BCUT2D eigenvalue weighted by Crippen LogP contribution is 2.22. The first-order valence-electron chi connectivity index (χ1n) is 7.55. The lowest BCUT2D eigenvalue weighted by atomic mass is 10.1. The minimum absolute atomic E-state index is 0.213. The van der Waals surface area contributed by atoms with Crippen molar-refractivity contribution >= 4 is 33.4 Å². The molecule has 1 aromatic carbocycles. The molecular weight excluding hydrogens is 308 g/mol. The Bertz CT molecular complexity index is 850. The molecule has 0 radical (unpaired) electrons. The smallest absolute Gasteiger partial charge is 0.321 e. The quantitative estimate of drug-likeness (QED) is 0.768. The van der Waals surface area contributed by atoms with Crippen molar-refractivity contribution in [2.75, 3.05) is 11.9 Å². The SMILES string of the molecule is Cc1ccc2c(CCNC(=O)Nc3ncc(C)s3)cn(C)c2c1. The Balaban J connectivity index is 1.59. The van der Waals surface area contributed by atoms with Crippen LogP contribution in [0.2, 0.25) is 0 Å². The van der Waals surface area contributed by atoms with E-state index < -0.39 is 0 Å². The topological polar surface area (TPSA) is 59.0 Å². The number of thiazole rings is 1. The molecule has 0 spiro atoms. The number of carbonyl (C=O) groups excluding carboxylic acids is 1. The zero-order chi connectivity index (χ0) is 16.4. The summed E-state index contributed by atoms with van der Waals surface area (Å²) in [5, 5.41) is 7.50. The van der Waals surface area contributed by atoms with Gasteiger partial charge in [-0.1, -0.05) is 12.1 Å². The number of nitrogens with one attached hydrogen (secondary N) is 2. The molecule has 0 fully saturated rings. The summed E-state index contributed by atoms with van der Waals surface area (Å²) in [4.78, 5) is 17.1. The molecule has 0 saturated heterocycles. The summed E-state index contributed by atoms with van der Waals surface area (Å²) in [5.74, 6) is 0. The Morgan fingerprint density at radius 3 is 2.91 bits per heavy atom. The number of carbonyl (C=O) groups is 1. The summed E-state index contributed by atoms with van der Waals surface area (Å²) in [6, 6.07) is 6.24. The predicted octanol–water partition coefficient (Wildman–Crippen LogP) is 3.62. The largest absolute Gasteiger partial charge is 0.350 e. The van der Waals surface area contributed by atoms with Gasteiger partial charge in [-0.3, -0.25) is 5.32 Å². The third-order valence-electron chi connectivity index (χ3n) is 3.75. The summed E-state index contributed by atoms with van der Waals surface area (Å²) in [6.07, 6.45) is 4.68. The maximum absolute atomic E-state index is 11.9. The van der Waals surface area contributed by atoms with E-state index in [1.165, 1.54) is 33.4 Å². The first kappa shape index (κ1) is 15.6. The Kier molecular flexibility index (Phi) is 4.34. The summed E-state index contributed by atoms with van der Waals surface area (Å²) in [5.41, 5.74) is 3.72. The molecular formula is C17H20N4OS. The summed E-state index contributed by atoms with van der Waals surface area (Å²) in [6.45, 7) is 4.64. The van der Waals surface area contributed by atoms with Gasteiger partial charge in [0.15, 0.2) is 5.13 Å². The van der Waals surface area contributed by atoms with Crippen LogP contribution in [0, 0.1) is 13.8 Å². The molecule has 6 heteroatoms. The maximum Gasteiger partial charge on any atom is 0.321 e. The average molecular weight is 328 g/mol. The summed E-state index contributed by atoms with van der Waals surface area (Å²) >= 11 is 1.47. The number of nitrogens with zero attached hydrogens (tertiary/aromatic N) is 2. The molecule has 2 heterocycles. The second-order valence-corrected chi connectivity index (χ2v) is 6.93. The number of hydrogen-bond acceptors (Lipinski definition) is 3. The molecule has 0 aliphatic heterocycles. The molecule has 2 N–H and O–H groups in total. The molecule has 0 atom stereocenters. The Hall–Kier alpha value is -2.34. The number of aryl methyl sites for hydroxylation is 3. The van der Waals surface area contributed by atoms with Crippen molar-refractivity contribution in [3.8, 4) is 0 Å². The number of fused-ring (bicyclic) bond motifs is 1. The van der Waals surface area contributed by atoms with Crippen LogP contribution in [0.5, 0.6) is 0 Å². The van der Waals surface area contributed by atoms with Gasteiger partial charge in [0.25, 0.3) is 0 Å². The first-order valence-corrected chi connectivity index (χ1v) is 8.36. The highest BCUT2D eigenvalue weighted by molar-refractivity contribution is 7.15. The van der Waals surface area contributed by atoms with E-state index >= 15 is 0 Å². The number of aromatic nitrogens is 2. The van der Waals surface area contributed by atoms with E-state index in [0.29, 0.717) is 11.7 Å². The van der Waals surface area contributed by atoms with E-state index in [1.807, 2.05) is 6.92 Å². The van der Waals surface area contributed by atoms with Crippen LogP contribution in [-0.4, -0.2) is 22.1 Å². The monoisotopic (exact) mass is 328 g/mol. The van der Waals surface area contributed by atoms with Crippen molar-refractivity contribution in [1.82, 2.24) is 14.9 Å². The van der Waals surface area contributed by atoms with E-state index in [2.05, 4.69) is 58.6 Å². The number of urea groups is 1. The van der Waals surface area contributed by atoms with Gasteiger partial charge >= 0.3 is 6.03 Å². The Morgan fingerprint density at radius 1 is 1.35 bits per heavy atom. The first-order chi connectivity index (χ1) is 11.0. The van der Waals surface area contributed by atoms with Gasteiger partial charge < -0.3 is 9.88 Å². The molecule has 2 amide bonds. The van der Waals surface area contributed by atoms with E-state index in [0.717, 1.165) is 11.3 Å². The van der Waals surface area contributed by atoms with Crippen LogP contribution in [0.4, 0.5) is 9.93 Å². The third kappa shape index (κ3) is 3.53. The van der Waals surface area contributed by atoms with Crippen molar-refractivity contribution in [2.45, 2.75) is 20.3 Å². The van der Waals surface area contributed by atoms with Crippen LogP contribution < -0.4 is 10.6 Å². The van der Waals surface area contributed by atoms with Gasteiger partial charge in [0.1, 0.15) is 0 Å². The van der Waals surface area contributed by atoms with Gasteiger partial charge in [-0.2, -0.15) is 0 Å². The molecule has 0 aliphatic rings. The molecule has 3 aromatic rings. The van der Waals surface area contributed by atoms with Crippen molar-refractivity contribution in [3.63, 3.8) is 0 Å². The van der Waals surface area contributed by atoms with Crippen LogP contribution in [-0.2, 0) is 13.5 Å². The lowest BCUT2D eigenvalue weighted by Gasteiger charge is -2.05. The molecule has 5 nitrogen and oxygen atoms in total. The zero-order valence-corrected chi connectivity index (χ0v) is 14.3. The van der Waals surface area contributed by atoms with E-state index in [9.17, 15) is 4.79 Å². The normalized spacial score (nSPS) is 10.9. The summed E-state index contributed by atoms with van der Waals surface area (Å²) < 4.78 is 2.14. The van der Waals surface area contributed by atoms with Gasteiger partial charge in [-0.25, -0.2) is 9.78 Å². The molecule has 3 rings (SSSR count). The van der Waals surface area contributed by atoms with Gasteiger partial charge in [0, 0.05) is 41.8 Å². The van der Waals surface area contributed by atoms with E-state index in [4.69, 9.17) is 0 Å². The molecule has 2 aromatic heterocycles. The number of anilines is 1. The van der Waals surface area contributed by atoms with Crippen molar-refractivity contribution < 1.29 is 4.79 Å². The third-order valence-corrected chi connectivity index (χ3v) is 4.58. The molecule has 23 heavy (non-hydrogen) atoms. The second-order valence-electron chi connectivity index (χ2n) is 5.69. The fourth-order valence-electron chi connectivity index (χ4n) is 2.64. The molecule has 0 saturated carbocycles. The number of rotatable bonds is 4. The highest BCUT2D eigenvalue weighted by Gasteiger charge is 2.08. The molecule has 0 aliphatic carbocycles. The zero-order valence-electron chi connectivity index (χ0n) is 13.5. The average Bonchev–Trinajstić information content (AvgIpc) is 3.03. The molecule has 0 bridgehead atoms. The van der Waals surface area contributed by atoms with Gasteiger partial charge in [0.2, 0.25) is 0 Å².